The van der Waals surface area contributed by atoms with Gasteiger partial charge in [-0.2, -0.15) is 8.78 Å². The predicted molar refractivity (Wildman–Crippen MR) is 81.9 cm³/mol. The number of benzene rings is 2. The van der Waals surface area contributed by atoms with Gasteiger partial charge in [-0.05, 0) is 42.2 Å². The third-order valence-corrected chi connectivity index (χ3v) is 3.74. The second kappa shape index (κ2) is 7.34. The van der Waals surface area contributed by atoms with Crippen molar-refractivity contribution in [3.8, 4) is 0 Å². The normalized spacial score (nSPS) is 11.9. The average Bonchev–Trinajstić information content (AvgIpc) is 2.45. The van der Waals surface area contributed by atoms with Crippen LogP contribution in [0, 0.1) is 0 Å². The second-order valence-corrected chi connectivity index (χ2v) is 5.55. The van der Waals surface area contributed by atoms with E-state index >= 15 is 0 Å². The maximum absolute atomic E-state index is 12.6. The lowest BCUT2D eigenvalue weighted by molar-refractivity contribution is 0.413. The van der Waals surface area contributed by atoms with Crippen LogP contribution in [0.25, 0.3) is 0 Å². The van der Waals surface area contributed by atoms with Crippen molar-refractivity contribution < 1.29 is 8.78 Å². The standard InChI is InChI=1S/C17H15BrF2/c18-16-10-8-14(9-11-16)15(12-17(19)20)7-6-13-4-2-1-3-5-13/h1-5,8-12,15H,6-7H2. The van der Waals surface area contributed by atoms with Gasteiger partial charge in [-0.3, -0.25) is 0 Å². The van der Waals surface area contributed by atoms with Crippen LogP contribution in [0.2, 0.25) is 0 Å². The summed E-state index contributed by atoms with van der Waals surface area (Å²) in [4.78, 5) is 0. The van der Waals surface area contributed by atoms with E-state index in [1.807, 2.05) is 54.6 Å². The quantitative estimate of drug-likeness (QED) is 0.633. The Labute approximate surface area is 126 Å². The molecule has 0 saturated heterocycles. The molecule has 3 heteroatoms. The van der Waals surface area contributed by atoms with Gasteiger partial charge in [0.15, 0.2) is 0 Å². The lowest BCUT2D eigenvalue weighted by atomic mass is 9.92. The molecule has 0 fully saturated rings. The SMILES string of the molecule is FC(F)=CC(CCc1ccccc1)c1ccc(Br)cc1. The second-order valence-electron chi connectivity index (χ2n) is 4.64. The summed E-state index contributed by atoms with van der Waals surface area (Å²) >= 11 is 3.36. The van der Waals surface area contributed by atoms with Gasteiger partial charge >= 0.3 is 0 Å². The van der Waals surface area contributed by atoms with Crippen molar-refractivity contribution in [1.29, 1.82) is 0 Å². The molecule has 0 bridgehead atoms. The summed E-state index contributed by atoms with van der Waals surface area (Å²) in [7, 11) is 0. The summed E-state index contributed by atoms with van der Waals surface area (Å²) < 4.78 is 26.2. The van der Waals surface area contributed by atoms with Gasteiger partial charge in [0, 0.05) is 10.4 Å². The van der Waals surface area contributed by atoms with E-state index in [4.69, 9.17) is 0 Å². The zero-order chi connectivity index (χ0) is 14.4. The average molecular weight is 337 g/mol. The van der Waals surface area contributed by atoms with Crippen LogP contribution in [0.15, 0.2) is 71.2 Å². The Morgan fingerprint density at radius 3 is 2.25 bits per heavy atom. The van der Waals surface area contributed by atoms with Crippen LogP contribution in [-0.4, -0.2) is 0 Å². The van der Waals surface area contributed by atoms with Crippen LogP contribution in [0.5, 0.6) is 0 Å². The monoisotopic (exact) mass is 336 g/mol. The highest BCUT2D eigenvalue weighted by molar-refractivity contribution is 9.10. The summed E-state index contributed by atoms with van der Waals surface area (Å²) in [5, 5.41) is 0. The highest BCUT2D eigenvalue weighted by Crippen LogP contribution is 2.26. The van der Waals surface area contributed by atoms with E-state index in [1.165, 1.54) is 5.56 Å². The molecule has 0 saturated carbocycles. The van der Waals surface area contributed by atoms with Gasteiger partial charge < -0.3 is 0 Å². The van der Waals surface area contributed by atoms with Crippen LogP contribution in [-0.2, 0) is 6.42 Å². The molecule has 0 heterocycles. The van der Waals surface area contributed by atoms with Gasteiger partial charge in [0.2, 0.25) is 0 Å². The molecule has 0 aromatic heterocycles. The molecule has 1 unspecified atom stereocenters. The molecule has 104 valence electrons. The zero-order valence-electron chi connectivity index (χ0n) is 10.9. The van der Waals surface area contributed by atoms with Gasteiger partial charge in [-0.1, -0.05) is 58.4 Å². The minimum Gasteiger partial charge on any atom is -0.174 e. The Bertz CT molecular complexity index is 557. The van der Waals surface area contributed by atoms with E-state index < -0.39 is 6.08 Å². The van der Waals surface area contributed by atoms with Crippen molar-refractivity contribution in [3.05, 3.63) is 82.4 Å². The molecule has 0 aliphatic carbocycles. The predicted octanol–water partition coefficient (Wildman–Crippen LogP) is 5.95. The maximum Gasteiger partial charge on any atom is 0.266 e. The maximum atomic E-state index is 12.6. The molecule has 1 atom stereocenters. The molecule has 20 heavy (non-hydrogen) atoms. The minimum absolute atomic E-state index is 0.256. The highest BCUT2D eigenvalue weighted by atomic mass is 79.9. The first kappa shape index (κ1) is 14.9. The Morgan fingerprint density at radius 2 is 1.65 bits per heavy atom. The largest absolute Gasteiger partial charge is 0.266 e. The van der Waals surface area contributed by atoms with Crippen molar-refractivity contribution in [2.45, 2.75) is 18.8 Å². The van der Waals surface area contributed by atoms with Crippen molar-refractivity contribution in [2.24, 2.45) is 0 Å². The third kappa shape index (κ3) is 4.57. The molecular formula is C17H15BrF2. The van der Waals surface area contributed by atoms with Crippen LogP contribution in [0.1, 0.15) is 23.5 Å². The molecular weight excluding hydrogens is 322 g/mol. The molecule has 0 radical (unpaired) electrons. The van der Waals surface area contributed by atoms with Gasteiger partial charge in [-0.25, -0.2) is 0 Å². The fourth-order valence-corrected chi connectivity index (χ4v) is 2.44. The molecule has 2 aromatic rings. The zero-order valence-corrected chi connectivity index (χ0v) is 12.5. The first-order chi connectivity index (χ1) is 9.65. The van der Waals surface area contributed by atoms with Gasteiger partial charge in [0.05, 0.1) is 0 Å². The van der Waals surface area contributed by atoms with E-state index in [0.29, 0.717) is 6.42 Å². The first-order valence-corrected chi connectivity index (χ1v) is 7.26. The van der Waals surface area contributed by atoms with Crippen LogP contribution in [0.3, 0.4) is 0 Å². The van der Waals surface area contributed by atoms with E-state index in [9.17, 15) is 8.78 Å². The lowest BCUT2D eigenvalue weighted by Gasteiger charge is -2.13. The Morgan fingerprint density at radius 1 is 1.00 bits per heavy atom. The number of aryl methyl sites for hydroxylation is 1. The van der Waals surface area contributed by atoms with E-state index in [0.717, 1.165) is 22.5 Å². The molecule has 0 aliphatic rings. The van der Waals surface area contributed by atoms with Crippen molar-refractivity contribution >= 4 is 15.9 Å². The van der Waals surface area contributed by atoms with Crippen LogP contribution < -0.4 is 0 Å². The number of hydrogen-bond acceptors (Lipinski definition) is 0. The smallest absolute Gasteiger partial charge is 0.174 e. The van der Waals surface area contributed by atoms with E-state index in [-0.39, 0.29) is 5.92 Å². The third-order valence-electron chi connectivity index (χ3n) is 3.21. The van der Waals surface area contributed by atoms with Crippen LogP contribution >= 0.6 is 15.9 Å². The molecule has 2 aromatic carbocycles. The summed E-state index contributed by atoms with van der Waals surface area (Å²) in [5.41, 5.74) is 2.08. The Balaban J connectivity index is 2.12. The van der Waals surface area contributed by atoms with E-state index in [1.54, 1.807) is 0 Å². The van der Waals surface area contributed by atoms with Gasteiger partial charge in [-0.15, -0.1) is 0 Å². The van der Waals surface area contributed by atoms with Gasteiger partial charge in [0.1, 0.15) is 0 Å². The number of rotatable bonds is 5. The lowest BCUT2D eigenvalue weighted by Crippen LogP contribution is -1.98. The molecule has 0 spiro atoms. The first-order valence-electron chi connectivity index (χ1n) is 6.47. The Kier molecular flexibility index (Phi) is 5.48. The number of halogens is 3. The van der Waals surface area contributed by atoms with Crippen LogP contribution in [0.4, 0.5) is 8.78 Å². The topological polar surface area (TPSA) is 0 Å². The van der Waals surface area contributed by atoms with Crippen molar-refractivity contribution in [2.75, 3.05) is 0 Å². The Hall–Kier alpha value is -1.48. The number of allylic oxidation sites excluding steroid dienone is 1. The summed E-state index contributed by atoms with van der Waals surface area (Å²) in [6.45, 7) is 0. The van der Waals surface area contributed by atoms with E-state index in [2.05, 4.69) is 15.9 Å². The molecule has 2 rings (SSSR count). The molecule has 0 nitrogen and oxygen atoms in total. The number of hydrogen-bond donors (Lipinski definition) is 0. The van der Waals surface area contributed by atoms with Crippen molar-refractivity contribution in [3.63, 3.8) is 0 Å². The molecule has 0 aliphatic heterocycles. The fourth-order valence-electron chi connectivity index (χ4n) is 2.18. The summed E-state index contributed by atoms with van der Waals surface area (Å²) in [6.07, 6.45) is 0.881. The fraction of sp³-hybridized carbons (Fsp3) is 0.176. The summed E-state index contributed by atoms with van der Waals surface area (Å²) in [6, 6.07) is 17.5. The molecule has 0 amide bonds. The van der Waals surface area contributed by atoms with Gasteiger partial charge in [0.25, 0.3) is 6.08 Å². The highest BCUT2D eigenvalue weighted by Gasteiger charge is 2.11. The minimum atomic E-state index is -1.62. The van der Waals surface area contributed by atoms with Crippen molar-refractivity contribution in [1.82, 2.24) is 0 Å². The summed E-state index contributed by atoms with van der Waals surface area (Å²) in [5.74, 6) is -0.256. The molecule has 0 N–H and O–H groups in total.